The molecule has 0 saturated heterocycles. The predicted octanol–water partition coefficient (Wildman–Crippen LogP) is -0.277. The van der Waals surface area contributed by atoms with Crippen LogP contribution in [0.3, 0.4) is 0 Å². The number of carbonyl (C=O) groups is 2. The van der Waals surface area contributed by atoms with Crippen molar-refractivity contribution in [1.82, 2.24) is 9.47 Å². The quantitative estimate of drug-likeness (QED) is 0.679. The van der Waals surface area contributed by atoms with Crippen LogP contribution >= 0.6 is 0 Å². The molecule has 0 bridgehead atoms. The predicted molar refractivity (Wildman–Crippen MR) is 60.7 cm³/mol. The van der Waals surface area contributed by atoms with Crippen LogP contribution in [0.4, 0.5) is 0 Å². The van der Waals surface area contributed by atoms with Crippen LogP contribution in [-0.2, 0) is 16.1 Å². The van der Waals surface area contributed by atoms with Crippen LogP contribution in [0.5, 0.6) is 0 Å². The van der Waals surface area contributed by atoms with Gasteiger partial charge in [-0.25, -0.2) is 4.79 Å². The van der Waals surface area contributed by atoms with Crippen LogP contribution in [0, 0.1) is 0 Å². The third-order valence-electron chi connectivity index (χ3n) is 2.24. The van der Waals surface area contributed by atoms with Gasteiger partial charge in [0.05, 0.1) is 7.11 Å². The van der Waals surface area contributed by atoms with E-state index < -0.39 is 11.5 Å². The number of pyridine rings is 1. The fourth-order valence-electron chi connectivity index (χ4n) is 1.24. The summed E-state index contributed by atoms with van der Waals surface area (Å²) in [6, 6.07) is 4.18. The molecule has 6 heteroatoms. The zero-order valence-electron chi connectivity index (χ0n) is 9.97. The second-order valence-electron chi connectivity index (χ2n) is 3.62. The minimum absolute atomic E-state index is 0.0650. The Morgan fingerprint density at radius 3 is 2.53 bits per heavy atom. The summed E-state index contributed by atoms with van der Waals surface area (Å²) >= 11 is 0. The van der Waals surface area contributed by atoms with Gasteiger partial charge in [0.15, 0.2) is 0 Å². The van der Waals surface area contributed by atoms with Gasteiger partial charge in [-0.05, 0) is 6.07 Å². The van der Waals surface area contributed by atoms with Crippen molar-refractivity contribution in [3.63, 3.8) is 0 Å². The van der Waals surface area contributed by atoms with Gasteiger partial charge in [0.1, 0.15) is 12.2 Å². The molecule has 1 rings (SSSR count). The van der Waals surface area contributed by atoms with Crippen LogP contribution < -0.4 is 5.56 Å². The number of rotatable bonds is 3. The zero-order chi connectivity index (χ0) is 13.0. The van der Waals surface area contributed by atoms with E-state index in [1.807, 2.05) is 0 Å². The fourth-order valence-corrected chi connectivity index (χ4v) is 1.24. The molecule has 0 radical (unpaired) electrons. The number of amides is 1. The lowest BCUT2D eigenvalue weighted by Crippen LogP contribution is -2.34. The molecule has 0 N–H and O–H groups in total. The summed E-state index contributed by atoms with van der Waals surface area (Å²) in [5, 5.41) is 0. The molecule has 0 aliphatic heterocycles. The van der Waals surface area contributed by atoms with Crippen molar-refractivity contribution >= 4 is 11.9 Å². The molecular formula is C11H14N2O4. The number of carbonyl (C=O) groups excluding carboxylic acids is 2. The first-order valence-electron chi connectivity index (χ1n) is 4.95. The average Bonchev–Trinajstić information content (AvgIpc) is 2.30. The van der Waals surface area contributed by atoms with E-state index in [-0.39, 0.29) is 18.1 Å². The lowest BCUT2D eigenvalue weighted by atomic mass is 10.3. The molecule has 0 spiro atoms. The van der Waals surface area contributed by atoms with E-state index in [4.69, 9.17) is 0 Å². The summed E-state index contributed by atoms with van der Waals surface area (Å²) in [4.78, 5) is 35.9. The third-order valence-corrected chi connectivity index (χ3v) is 2.24. The molecule has 0 atom stereocenters. The Morgan fingerprint density at radius 2 is 2.00 bits per heavy atom. The van der Waals surface area contributed by atoms with E-state index >= 15 is 0 Å². The highest BCUT2D eigenvalue weighted by Crippen LogP contribution is 1.99. The molecule has 0 aliphatic carbocycles. The monoisotopic (exact) mass is 238 g/mol. The zero-order valence-corrected chi connectivity index (χ0v) is 9.97. The average molecular weight is 238 g/mol. The van der Waals surface area contributed by atoms with Crippen molar-refractivity contribution < 1.29 is 14.3 Å². The SMILES string of the molecule is COC(=O)c1cccc(=O)n1CC(=O)N(C)C. The number of aromatic nitrogens is 1. The summed E-state index contributed by atoms with van der Waals surface area (Å²) in [6.07, 6.45) is 0. The first-order chi connectivity index (χ1) is 7.97. The molecule has 1 aromatic heterocycles. The van der Waals surface area contributed by atoms with Crippen molar-refractivity contribution in [3.05, 3.63) is 34.2 Å². The topological polar surface area (TPSA) is 68.6 Å². The summed E-state index contributed by atoms with van der Waals surface area (Å²) in [7, 11) is 4.38. The highest BCUT2D eigenvalue weighted by molar-refractivity contribution is 5.88. The van der Waals surface area contributed by atoms with Crippen LogP contribution in [0.25, 0.3) is 0 Å². The standard InChI is InChI=1S/C11H14N2O4/c1-12(2)10(15)7-13-8(11(16)17-3)5-4-6-9(13)14/h4-6H,7H2,1-3H3. The highest BCUT2D eigenvalue weighted by atomic mass is 16.5. The molecule has 0 fully saturated rings. The Bertz CT molecular complexity index is 490. The van der Waals surface area contributed by atoms with Gasteiger partial charge in [-0.1, -0.05) is 6.07 Å². The van der Waals surface area contributed by atoms with E-state index in [9.17, 15) is 14.4 Å². The van der Waals surface area contributed by atoms with Crippen molar-refractivity contribution in [2.75, 3.05) is 21.2 Å². The van der Waals surface area contributed by atoms with Gasteiger partial charge < -0.3 is 9.64 Å². The van der Waals surface area contributed by atoms with Gasteiger partial charge in [0.2, 0.25) is 5.91 Å². The van der Waals surface area contributed by atoms with Crippen molar-refractivity contribution in [3.8, 4) is 0 Å². The fraction of sp³-hybridized carbons (Fsp3) is 0.364. The lowest BCUT2D eigenvalue weighted by molar-refractivity contribution is -0.129. The number of likely N-dealkylation sites (N-methyl/N-ethyl adjacent to an activating group) is 1. The highest BCUT2D eigenvalue weighted by Gasteiger charge is 2.15. The van der Waals surface area contributed by atoms with E-state index in [1.54, 1.807) is 14.1 Å². The second kappa shape index (κ2) is 5.29. The molecular weight excluding hydrogens is 224 g/mol. The van der Waals surface area contributed by atoms with Gasteiger partial charge in [-0.15, -0.1) is 0 Å². The summed E-state index contributed by atoms with van der Waals surface area (Å²) in [5.74, 6) is -0.919. The van der Waals surface area contributed by atoms with Gasteiger partial charge in [0.25, 0.3) is 5.56 Å². The van der Waals surface area contributed by atoms with Gasteiger partial charge in [-0.3, -0.25) is 14.2 Å². The Hall–Kier alpha value is -2.11. The van der Waals surface area contributed by atoms with Crippen LogP contribution in [-0.4, -0.2) is 42.5 Å². The Balaban J connectivity index is 3.17. The molecule has 92 valence electrons. The normalized spacial score (nSPS) is 9.82. The molecule has 6 nitrogen and oxygen atoms in total. The Labute approximate surface area is 98.4 Å². The maximum Gasteiger partial charge on any atom is 0.354 e. The minimum atomic E-state index is -0.644. The molecule has 0 unspecified atom stereocenters. The van der Waals surface area contributed by atoms with E-state index in [2.05, 4.69) is 4.74 Å². The van der Waals surface area contributed by atoms with Gasteiger partial charge in [-0.2, -0.15) is 0 Å². The molecule has 0 saturated carbocycles. The van der Waals surface area contributed by atoms with Crippen molar-refractivity contribution in [2.24, 2.45) is 0 Å². The summed E-state index contributed by atoms with van der Waals surface area (Å²) in [6.45, 7) is -0.183. The Kier molecular flexibility index (Phi) is 4.03. The molecule has 1 amide bonds. The van der Waals surface area contributed by atoms with E-state index in [0.717, 1.165) is 4.57 Å². The number of esters is 1. The van der Waals surface area contributed by atoms with E-state index in [1.165, 1.54) is 30.2 Å². The van der Waals surface area contributed by atoms with Crippen LogP contribution in [0.15, 0.2) is 23.0 Å². The maximum atomic E-state index is 11.6. The molecule has 0 aliphatic rings. The number of hydrogen-bond donors (Lipinski definition) is 0. The maximum absolute atomic E-state index is 11.6. The first kappa shape index (κ1) is 13.0. The van der Waals surface area contributed by atoms with Crippen molar-refractivity contribution in [2.45, 2.75) is 6.54 Å². The lowest BCUT2D eigenvalue weighted by Gasteiger charge is -2.14. The van der Waals surface area contributed by atoms with Crippen LogP contribution in [0.1, 0.15) is 10.5 Å². The number of methoxy groups -OCH3 is 1. The van der Waals surface area contributed by atoms with Crippen molar-refractivity contribution in [1.29, 1.82) is 0 Å². The number of nitrogens with zero attached hydrogens (tertiary/aromatic N) is 2. The molecule has 1 aromatic rings. The number of ether oxygens (including phenoxy) is 1. The third kappa shape index (κ3) is 2.93. The summed E-state index contributed by atoms with van der Waals surface area (Å²) in [5.41, 5.74) is -0.349. The smallest absolute Gasteiger partial charge is 0.354 e. The first-order valence-corrected chi connectivity index (χ1v) is 4.95. The second-order valence-corrected chi connectivity index (χ2v) is 3.62. The summed E-state index contributed by atoms with van der Waals surface area (Å²) < 4.78 is 5.64. The van der Waals surface area contributed by atoms with E-state index in [0.29, 0.717) is 0 Å². The van der Waals surface area contributed by atoms with Crippen LogP contribution in [0.2, 0.25) is 0 Å². The Morgan fingerprint density at radius 1 is 1.35 bits per heavy atom. The molecule has 17 heavy (non-hydrogen) atoms. The largest absolute Gasteiger partial charge is 0.464 e. The minimum Gasteiger partial charge on any atom is -0.464 e. The molecule has 0 aromatic carbocycles. The number of hydrogen-bond acceptors (Lipinski definition) is 4. The van der Waals surface area contributed by atoms with Gasteiger partial charge in [0, 0.05) is 20.2 Å². The molecule has 1 heterocycles. The van der Waals surface area contributed by atoms with Gasteiger partial charge >= 0.3 is 5.97 Å².